The predicted molar refractivity (Wildman–Crippen MR) is 80.4 cm³/mol. The molecule has 0 radical (unpaired) electrons. The van der Waals surface area contributed by atoms with Crippen LogP contribution in [0, 0.1) is 5.92 Å². The van der Waals surface area contributed by atoms with Gasteiger partial charge in [-0.2, -0.15) is 0 Å². The van der Waals surface area contributed by atoms with E-state index >= 15 is 0 Å². The molecule has 0 aliphatic rings. The lowest BCUT2D eigenvalue weighted by Crippen LogP contribution is -2.32. The third-order valence-electron chi connectivity index (χ3n) is 2.78. The molecule has 0 saturated carbocycles. The van der Waals surface area contributed by atoms with Crippen molar-refractivity contribution in [1.82, 2.24) is 5.32 Å². The lowest BCUT2D eigenvalue weighted by Gasteiger charge is -2.14. The zero-order chi connectivity index (χ0) is 15.1. The van der Waals surface area contributed by atoms with Crippen molar-refractivity contribution >= 4 is 29.1 Å². The number of nitrogens with one attached hydrogen (secondary N) is 1. The van der Waals surface area contributed by atoms with Crippen molar-refractivity contribution in [1.29, 1.82) is 0 Å². The van der Waals surface area contributed by atoms with Crippen molar-refractivity contribution in [3.8, 4) is 5.75 Å². The number of hydrogen-bond donors (Lipinski definition) is 2. The van der Waals surface area contributed by atoms with Crippen molar-refractivity contribution < 1.29 is 14.6 Å². The molecule has 1 atom stereocenters. The zero-order valence-corrected chi connectivity index (χ0v) is 13.0. The fourth-order valence-electron chi connectivity index (χ4n) is 1.47. The van der Waals surface area contributed by atoms with Crippen LogP contribution >= 0.6 is 23.2 Å². The van der Waals surface area contributed by atoms with E-state index in [1.165, 1.54) is 0 Å². The number of hydrogen-bond acceptors (Lipinski definition) is 3. The molecule has 6 heteroatoms. The number of halogens is 2. The molecule has 0 aliphatic heterocycles. The number of rotatable bonds is 7. The minimum atomic E-state index is -0.418. The molecule has 0 heterocycles. The van der Waals surface area contributed by atoms with Crippen molar-refractivity contribution in [2.24, 2.45) is 5.92 Å². The summed E-state index contributed by atoms with van der Waals surface area (Å²) in [6.45, 7) is 4.12. The van der Waals surface area contributed by atoms with Gasteiger partial charge in [-0.15, -0.1) is 0 Å². The van der Waals surface area contributed by atoms with Crippen LogP contribution in [0.1, 0.15) is 20.3 Å². The highest BCUT2D eigenvalue weighted by Crippen LogP contribution is 2.27. The Balaban J connectivity index is 2.31. The maximum absolute atomic E-state index is 11.6. The third-order valence-corrected chi connectivity index (χ3v) is 3.33. The van der Waals surface area contributed by atoms with Crippen LogP contribution in [0.5, 0.6) is 5.75 Å². The average Bonchev–Trinajstić information content (AvgIpc) is 2.39. The molecule has 0 spiro atoms. The first-order chi connectivity index (χ1) is 9.40. The first kappa shape index (κ1) is 17.1. The van der Waals surface area contributed by atoms with E-state index in [1.54, 1.807) is 18.2 Å². The molecule has 2 N–H and O–H groups in total. The van der Waals surface area contributed by atoms with Crippen molar-refractivity contribution in [2.45, 2.75) is 26.4 Å². The van der Waals surface area contributed by atoms with Crippen LogP contribution < -0.4 is 10.1 Å². The summed E-state index contributed by atoms with van der Waals surface area (Å²) in [5.74, 6) is 0.280. The van der Waals surface area contributed by atoms with Gasteiger partial charge >= 0.3 is 0 Å². The van der Waals surface area contributed by atoms with Crippen LogP contribution in [0.3, 0.4) is 0 Å². The van der Waals surface area contributed by atoms with Crippen molar-refractivity contribution in [3.05, 3.63) is 28.2 Å². The minimum Gasteiger partial charge on any atom is -0.482 e. The summed E-state index contributed by atoms with van der Waals surface area (Å²) in [7, 11) is 0. The van der Waals surface area contributed by atoms with E-state index in [0.29, 0.717) is 28.8 Å². The predicted octanol–water partition coefficient (Wildman–Crippen LogP) is 2.90. The summed E-state index contributed by atoms with van der Waals surface area (Å²) in [6, 6.07) is 4.81. The summed E-state index contributed by atoms with van der Waals surface area (Å²) in [5.41, 5.74) is 0. The highest BCUT2D eigenvalue weighted by atomic mass is 35.5. The summed E-state index contributed by atoms with van der Waals surface area (Å²) in [4.78, 5) is 11.6. The molecular weight excluding hydrogens is 301 g/mol. The Morgan fingerprint density at radius 3 is 2.75 bits per heavy atom. The molecule has 1 rings (SSSR count). The van der Waals surface area contributed by atoms with Crippen LogP contribution in [0.4, 0.5) is 0 Å². The van der Waals surface area contributed by atoms with Crippen LogP contribution in [0.2, 0.25) is 10.0 Å². The quantitative estimate of drug-likeness (QED) is 0.812. The molecule has 0 bridgehead atoms. The minimum absolute atomic E-state index is 0.141. The number of aliphatic hydroxyl groups excluding tert-OH is 1. The monoisotopic (exact) mass is 319 g/mol. The summed E-state index contributed by atoms with van der Waals surface area (Å²) in [5, 5.41) is 13.2. The topological polar surface area (TPSA) is 58.6 Å². The molecule has 20 heavy (non-hydrogen) atoms. The first-order valence-corrected chi connectivity index (χ1v) is 7.18. The SMILES string of the molecule is CC(C)C(O)CCNC(=O)COc1cc(Cl)ccc1Cl. The Morgan fingerprint density at radius 2 is 2.10 bits per heavy atom. The first-order valence-electron chi connectivity index (χ1n) is 6.42. The van der Waals surface area contributed by atoms with Gasteiger partial charge in [-0.25, -0.2) is 0 Å². The van der Waals surface area contributed by atoms with Gasteiger partial charge in [0.25, 0.3) is 5.91 Å². The molecular formula is C14H19Cl2NO3. The number of carbonyl (C=O) groups is 1. The van der Waals surface area contributed by atoms with Crippen LogP contribution in [0.25, 0.3) is 0 Å². The lowest BCUT2D eigenvalue weighted by atomic mass is 10.0. The fourth-order valence-corrected chi connectivity index (χ4v) is 1.81. The largest absolute Gasteiger partial charge is 0.482 e. The van der Waals surface area contributed by atoms with Crippen molar-refractivity contribution in [3.63, 3.8) is 0 Å². The zero-order valence-electron chi connectivity index (χ0n) is 11.5. The van der Waals surface area contributed by atoms with E-state index in [2.05, 4.69) is 5.32 Å². The molecule has 1 unspecified atom stereocenters. The highest BCUT2D eigenvalue weighted by molar-refractivity contribution is 6.34. The van der Waals surface area contributed by atoms with Gasteiger partial charge in [-0.3, -0.25) is 4.79 Å². The van der Waals surface area contributed by atoms with E-state index in [9.17, 15) is 9.90 Å². The molecule has 0 aliphatic carbocycles. The molecule has 112 valence electrons. The van der Waals surface area contributed by atoms with Gasteiger partial charge in [-0.05, 0) is 24.5 Å². The summed E-state index contributed by atoms with van der Waals surface area (Å²) >= 11 is 11.7. The maximum Gasteiger partial charge on any atom is 0.257 e. The molecule has 4 nitrogen and oxygen atoms in total. The molecule has 1 aromatic rings. The smallest absolute Gasteiger partial charge is 0.257 e. The second-order valence-corrected chi connectivity index (χ2v) is 5.66. The average molecular weight is 320 g/mol. The maximum atomic E-state index is 11.6. The normalized spacial score (nSPS) is 12.3. The highest BCUT2D eigenvalue weighted by Gasteiger charge is 2.10. The Bertz CT molecular complexity index is 452. The third kappa shape index (κ3) is 5.99. The van der Waals surface area contributed by atoms with E-state index < -0.39 is 6.10 Å². The Morgan fingerprint density at radius 1 is 1.40 bits per heavy atom. The van der Waals surface area contributed by atoms with Crippen LogP contribution in [-0.2, 0) is 4.79 Å². The van der Waals surface area contributed by atoms with E-state index in [1.807, 2.05) is 13.8 Å². The van der Waals surface area contributed by atoms with Crippen LogP contribution in [0.15, 0.2) is 18.2 Å². The molecule has 1 aromatic carbocycles. The van der Waals surface area contributed by atoms with E-state index in [0.717, 1.165) is 0 Å². The number of benzene rings is 1. The van der Waals surface area contributed by atoms with E-state index in [4.69, 9.17) is 27.9 Å². The molecule has 0 saturated heterocycles. The lowest BCUT2D eigenvalue weighted by molar-refractivity contribution is -0.123. The second-order valence-electron chi connectivity index (χ2n) is 4.81. The van der Waals surface area contributed by atoms with Crippen molar-refractivity contribution in [2.75, 3.05) is 13.2 Å². The number of ether oxygens (including phenoxy) is 1. The number of carbonyl (C=O) groups excluding carboxylic acids is 1. The van der Waals surface area contributed by atoms with Crippen LogP contribution in [-0.4, -0.2) is 30.3 Å². The Kier molecular flexibility index (Phi) is 7.13. The number of aliphatic hydroxyl groups is 1. The standard InChI is InChI=1S/C14H19Cl2NO3/c1-9(2)12(18)5-6-17-14(19)8-20-13-7-10(15)3-4-11(13)16/h3-4,7,9,12,18H,5-6,8H2,1-2H3,(H,17,19). The van der Waals surface area contributed by atoms with Gasteiger partial charge in [0.05, 0.1) is 11.1 Å². The van der Waals surface area contributed by atoms with Gasteiger partial charge in [0.2, 0.25) is 0 Å². The summed E-state index contributed by atoms with van der Waals surface area (Å²) in [6.07, 6.45) is 0.0972. The van der Waals surface area contributed by atoms with Gasteiger partial charge in [0.1, 0.15) is 5.75 Å². The van der Waals surface area contributed by atoms with Gasteiger partial charge in [0.15, 0.2) is 6.61 Å². The number of amides is 1. The van der Waals surface area contributed by atoms with Gasteiger partial charge < -0.3 is 15.2 Å². The summed E-state index contributed by atoms with van der Waals surface area (Å²) < 4.78 is 5.29. The Hall–Kier alpha value is -0.970. The van der Waals surface area contributed by atoms with Gasteiger partial charge in [-0.1, -0.05) is 37.0 Å². The second kappa shape index (κ2) is 8.35. The molecule has 0 aromatic heterocycles. The Labute approximate surface area is 129 Å². The van der Waals surface area contributed by atoms with Gasteiger partial charge in [0, 0.05) is 17.6 Å². The molecule has 0 fully saturated rings. The molecule has 1 amide bonds. The van der Waals surface area contributed by atoms with E-state index in [-0.39, 0.29) is 18.4 Å². The fraction of sp³-hybridized carbons (Fsp3) is 0.500.